The predicted octanol–water partition coefficient (Wildman–Crippen LogP) is 3.59. The molecule has 1 aromatic heterocycles. The Hall–Kier alpha value is -2.62. The first kappa shape index (κ1) is 16.2. The van der Waals surface area contributed by atoms with Gasteiger partial charge in [-0.25, -0.2) is 4.98 Å². The summed E-state index contributed by atoms with van der Waals surface area (Å²) >= 11 is 0. The van der Waals surface area contributed by atoms with Crippen molar-refractivity contribution in [2.24, 2.45) is 7.05 Å². The Labute approximate surface area is 142 Å². The average molecular weight is 321 g/mol. The highest BCUT2D eigenvalue weighted by atomic mass is 16.1. The molecule has 1 N–H and O–H groups in total. The Morgan fingerprint density at radius 1 is 1.17 bits per heavy atom. The van der Waals surface area contributed by atoms with Crippen LogP contribution in [0.15, 0.2) is 48.5 Å². The summed E-state index contributed by atoms with van der Waals surface area (Å²) in [5, 5.41) is 3.06. The predicted molar refractivity (Wildman–Crippen MR) is 97.3 cm³/mol. The third-order valence-corrected chi connectivity index (χ3v) is 4.61. The van der Waals surface area contributed by atoms with Gasteiger partial charge in [0, 0.05) is 24.6 Å². The normalized spacial score (nSPS) is 11.7. The molecular formula is C20H23N3O. The molecule has 3 aromatic rings. The molecule has 0 fully saturated rings. The molecule has 4 heteroatoms. The molecule has 0 bridgehead atoms. The molecule has 124 valence electrons. The minimum atomic E-state index is -0.121. The third-order valence-electron chi connectivity index (χ3n) is 4.61. The molecule has 0 aliphatic carbocycles. The number of hydrogen-bond acceptors (Lipinski definition) is 2. The van der Waals surface area contributed by atoms with Crippen LogP contribution in [0.2, 0.25) is 0 Å². The topological polar surface area (TPSA) is 46.9 Å². The quantitative estimate of drug-likeness (QED) is 0.798. The number of aryl methyl sites for hydroxylation is 2. The van der Waals surface area contributed by atoms with Gasteiger partial charge in [0.2, 0.25) is 0 Å². The lowest BCUT2D eigenvalue weighted by molar-refractivity contribution is 0.0946. The van der Waals surface area contributed by atoms with E-state index >= 15 is 0 Å². The van der Waals surface area contributed by atoms with E-state index in [1.165, 1.54) is 5.56 Å². The van der Waals surface area contributed by atoms with Gasteiger partial charge in [0.05, 0.1) is 11.0 Å². The van der Waals surface area contributed by atoms with Crippen molar-refractivity contribution in [3.05, 3.63) is 65.5 Å². The van der Waals surface area contributed by atoms with E-state index in [9.17, 15) is 4.79 Å². The lowest BCUT2D eigenvalue weighted by atomic mass is 9.84. The molecule has 0 saturated heterocycles. The molecule has 24 heavy (non-hydrogen) atoms. The standard InChI is InChI=1S/C20H23N3O/c1-14-22-17-11-10-15(12-18(17)23(14)4)19(24)21-13-20(2,3)16-8-6-5-7-9-16/h5-12H,13H2,1-4H3,(H,21,24). The molecule has 4 nitrogen and oxygen atoms in total. The highest BCUT2D eigenvalue weighted by Gasteiger charge is 2.21. The number of benzene rings is 2. The van der Waals surface area contributed by atoms with Gasteiger partial charge in [0.25, 0.3) is 5.91 Å². The fourth-order valence-corrected chi connectivity index (χ4v) is 2.85. The summed E-state index contributed by atoms with van der Waals surface area (Å²) in [7, 11) is 1.96. The Bertz CT molecular complexity index is 879. The van der Waals surface area contributed by atoms with Crippen molar-refractivity contribution >= 4 is 16.9 Å². The summed E-state index contributed by atoms with van der Waals surface area (Å²) in [5.41, 5.74) is 3.64. The van der Waals surface area contributed by atoms with Crippen LogP contribution in [-0.2, 0) is 12.5 Å². The molecule has 1 amide bonds. The van der Waals surface area contributed by atoms with Crippen LogP contribution in [0.5, 0.6) is 0 Å². The van der Waals surface area contributed by atoms with E-state index in [0.29, 0.717) is 12.1 Å². The first-order valence-corrected chi connectivity index (χ1v) is 8.15. The number of fused-ring (bicyclic) bond motifs is 1. The number of aromatic nitrogens is 2. The summed E-state index contributed by atoms with van der Waals surface area (Å²) in [6.07, 6.45) is 0. The molecule has 0 unspecified atom stereocenters. The Kier molecular flexibility index (Phi) is 4.14. The number of carbonyl (C=O) groups excluding carboxylic acids is 1. The number of nitrogens with one attached hydrogen (secondary N) is 1. The van der Waals surface area contributed by atoms with Crippen molar-refractivity contribution in [3.63, 3.8) is 0 Å². The van der Waals surface area contributed by atoms with Gasteiger partial charge in [-0.05, 0) is 30.7 Å². The molecule has 0 aliphatic heterocycles. The van der Waals surface area contributed by atoms with Gasteiger partial charge in [0.15, 0.2) is 0 Å². The van der Waals surface area contributed by atoms with Gasteiger partial charge in [-0.2, -0.15) is 0 Å². The molecule has 1 heterocycles. The van der Waals surface area contributed by atoms with Crippen LogP contribution in [-0.4, -0.2) is 22.0 Å². The molecule has 3 rings (SSSR count). The summed E-state index contributed by atoms with van der Waals surface area (Å²) < 4.78 is 2.00. The second kappa shape index (κ2) is 6.11. The lowest BCUT2D eigenvalue weighted by Gasteiger charge is -2.25. The van der Waals surface area contributed by atoms with Crippen molar-refractivity contribution in [1.29, 1.82) is 0 Å². The maximum Gasteiger partial charge on any atom is 0.251 e. The zero-order chi connectivity index (χ0) is 17.3. The van der Waals surface area contributed by atoms with Crippen molar-refractivity contribution in [2.45, 2.75) is 26.2 Å². The van der Waals surface area contributed by atoms with Crippen molar-refractivity contribution in [3.8, 4) is 0 Å². The second-order valence-corrected chi connectivity index (χ2v) is 6.85. The van der Waals surface area contributed by atoms with Gasteiger partial charge < -0.3 is 9.88 Å². The summed E-state index contributed by atoms with van der Waals surface area (Å²) in [5.74, 6) is 0.882. The number of imidazole rings is 1. The van der Waals surface area contributed by atoms with Gasteiger partial charge in [0.1, 0.15) is 5.82 Å². The molecule has 0 atom stereocenters. The van der Waals surface area contributed by atoms with Crippen LogP contribution in [0.1, 0.15) is 35.6 Å². The average Bonchev–Trinajstić information content (AvgIpc) is 2.87. The maximum absolute atomic E-state index is 12.5. The van der Waals surface area contributed by atoms with Crippen molar-refractivity contribution in [1.82, 2.24) is 14.9 Å². The van der Waals surface area contributed by atoms with Gasteiger partial charge in [-0.1, -0.05) is 44.2 Å². The molecule has 2 aromatic carbocycles. The first-order chi connectivity index (χ1) is 11.4. The number of hydrogen-bond donors (Lipinski definition) is 1. The number of rotatable bonds is 4. The fourth-order valence-electron chi connectivity index (χ4n) is 2.85. The number of amides is 1. The summed E-state index contributed by atoms with van der Waals surface area (Å²) in [6, 6.07) is 15.9. The first-order valence-electron chi connectivity index (χ1n) is 8.15. The Morgan fingerprint density at radius 2 is 1.88 bits per heavy atom. The SMILES string of the molecule is Cc1nc2ccc(C(=O)NCC(C)(C)c3ccccc3)cc2n1C. The molecule has 0 aliphatic rings. The smallest absolute Gasteiger partial charge is 0.251 e. The van der Waals surface area contributed by atoms with Gasteiger partial charge in [-0.3, -0.25) is 4.79 Å². The number of carbonyl (C=O) groups is 1. The molecule has 0 spiro atoms. The zero-order valence-corrected chi connectivity index (χ0v) is 14.6. The lowest BCUT2D eigenvalue weighted by Crippen LogP contribution is -2.36. The van der Waals surface area contributed by atoms with Gasteiger partial charge in [-0.15, -0.1) is 0 Å². The second-order valence-electron chi connectivity index (χ2n) is 6.85. The zero-order valence-electron chi connectivity index (χ0n) is 14.6. The van der Waals surface area contributed by atoms with Crippen molar-refractivity contribution in [2.75, 3.05) is 6.54 Å². The Morgan fingerprint density at radius 3 is 2.58 bits per heavy atom. The largest absolute Gasteiger partial charge is 0.351 e. The fraction of sp³-hybridized carbons (Fsp3) is 0.300. The van der Waals surface area contributed by atoms with E-state index in [-0.39, 0.29) is 11.3 Å². The summed E-state index contributed by atoms with van der Waals surface area (Å²) in [4.78, 5) is 17.0. The minimum absolute atomic E-state index is 0.0558. The van der Waals surface area contributed by atoms with E-state index in [1.54, 1.807) is 0 Å². The minimum Gasteiger partial charge on any atom is -0.351 e. The van der Waals surface area contributed by atoms with E-state index in [1.807, 2.05) is 54.9 Å². The molecular weight excluding hydrogens is 298 g/mol. The monoisotopic (exact) mass is 321 g/mol. The maximum atomic E-state index is 12.5. The van der Waals surface area contributed by atoms with Crippen LogP contribution in [0.3, 0.4) is 0 Å². The number of nitrogens with zero attached hydrogens (tertiary/aromatic N) is 2. The highest BCUT2D eigenvalue weighted by molar-refractivity contribution is 5.97. The van der Waals surface area contributed by atoms with E-state index < -0.39 is 0 Å². The van der Waals surface area contributed by atoms with E-state index in [0.717, 1.165) is 16.9 Å². The molecule has 0 saturated carbocycles. The van der Waals surface area contributed by atoms with Crippen LogP contribution in [0.4, 0.5) is 0 Å². The summed E-state index contributed by atoms with van der Waals surface area (Å²) in [6.45, 7) is 6.81. The van der Waals surface area contributed by atoms with Crippen molar-refractivity contribution < 1.29 is 4.79 Å². The highest BCUT2D eigenvalue weighted by Crippen LogP contribution is 2.22. The van der Waals surface area contributed by atoms with Crippen LogP contribution >= 0.6 is 0 Å². The van der Waals surface area contributed by atoms with Gasteiger partial charge >= 0.3 is 0 Å². The van der Waals surface area contributed by atoms with E-state index in [4.69, 9.17) is 0 Å². The van der Waals surface area contributed by atoms with Crippen LogP contribution < -0.4 is 5.32 Å². The third kappa shape index (κ3) is 3.04. The van der Waals surface area contributed by atoms with E-state index in [2.05, 4.69) is 36.3 Å². The molecule has 0 radical (unpaired) electrons. The Balaban J connectivity index is 1.77. The van der Waals surface area contributed by atoms with Crippen LogP contribution in [0.25, 0.3) is 11.0 Å². The van der Waals surface area contributed by atoms with Crippen LogP contribution in [0, 0.1) is 6.92 Å².